The molecule has 4 nitrogen and oxygen atoms in total. The largest absolute Gasteiger partial charge is 0.468 e. The molecular weight excluding hydrogens is 298 g/mol. The summed E-state index contributed by atoms with van der Waals surface area (Å²) in [6.07, 6.45) is 2.21. The molecule has 0 radical (unpaired) electrons. The van der Waals surface area contributed by atoms with Crippen LogP contribution in [0.15, 0.2) is 52.0 Å². The third kappa shape index (κ3) is 4.45. The average Bonchev–Trinajstić information content (AvgIpc) is 2.90. The van der Waals surface area contributed by atoms with Gasteiger partial charge >= 0.3 is 0 Å². The fourth-order valence-electron chi connectivity index (χ4n) is 2.27. The number of hydrogen-bond donors (Lipinski definition) is 1. The van der Waals surface area contributed by atoms with E-state index in [1.54, 1.807) is 42.7 Å². The summed E-state index contributed by atoms with van der Waals surface area (Å²) in [7, 11) is -3.58. The lowest BCUT2D eigenvalue weighted by Gasteiger charge is -2.25. The van der Waals surface area contributed by atoms with E-state index >= 15 is 0 Å². The number of aryl methyl sites for hydroxylation is 1. The Bertz CT molecular complexity index is 695. The van der Waals surface area contributed by atoms with Crippen molar-refractivity contribution in [3.63, 3.8) is 0 Å². The lowest BCUT2D eigenvalue weighted by Crippen LogP contribution is -2.31. The second-order valence-electron chi connectivity index (χ2n) is 6.77. The average molecular weight is 321 g/mol. The summed E-state index contributed by atoms with van der Waals surface area (Å²) in [4.78, 5) is 0.267. The molecule has 22 heavy (non-hydrogen) atoms. The van der Waals surface area contributed by atoms with Crippen LogP contribution in [0.2, 0.25) is 0 Å². The third-order valence-electron chi connectivity index (χ3n) is 3.33. The van der Waals surface area contributed by atoms with Gasteiger partial charge in [0.1, 0.15) is 5.76 Å². The number of furan rings is 1. The molecule has 2 rings (SSSR count). The smallest absolute Gasteiger partial charge is 0.241 e. The lowest BCUT2D eigenvalue weighted by molar-refractivity contribution is 0.304. The van der Waals surface area contributed by atoms with Gasteiger partial charge in [0.25, 0.3) is 0 Å². The van der Waals surface area contributed by atoms with Gasteiger partial charge in [-0.3, -0.25) is 0 Å². The molecule has 5 heteroatoms. The van der Waals surface area contributed by atoms with Gasteiger partial charge in [-0.25, -0.2) is 13.1 Å². The molecule has 0 spiro atoms. The van der Waals surface area contributed by atoms with E-state index in [4.69, 9.17) is 4.42 Å². The molecule has 0 amide bonds. The zero-order valence-electron chi connectivity index (χ0n) is 13.5. The number of hydrogen-bond acceptors (Lipinski definition) is 3. The van der Waals surface area contributed by atoms with Gasteiger partial charge in [0.2, 0.25) is 10.0 Å². The molecule has 0 aliphatic rings. The minimum absolute atomic E-state index is 0.0345. The fraction of sp³-hybridized carbons (Fsp3) is 0.412. The Morgan fingerprint density at radius 3 is 2.27 bits per heavy atom. The molecule has 1 N–H and O–H groups in total. The highest BCUT2D eigenvalue weighted by Crippen LogP contribution is 2.31. The summed E-state index contributed by atoms with van der Waals surface area (Å²) < 4.78 is 33.3. The van der Waals surface area contributed by atoms with Crippen molar-refractivity contribution in [1.29, 1.82) is 0 Å². The van der Waals surface area contributed by atoms with Crippen LogP contribution in [0.4, 0.5) is 0 Å². The predicted molar refractivity (Wildman–Crippen MR) is 87.0 cm³/mol. The maximum atomic E-state index is 12.6. The van der Waals surface area contributed by atoms with Crippen LogP contribution in [0.1, 0.15) is 44.6 Å². The van der Waals surface area contributed by atoms with E-state index in [9.17, 15) is 8.42 Å². The van der Waals surface area contributed by atoms with Crippen molar-refractivity contribution in [2.45, 2.75) is 45.1 Å². The molecule has 0 saturated heterocycles. The Labute approximate surface area is 132 Å². The number of nitrogens with one attached hydrogen (secondary N) is 1. The van der Waals surface area contributed by atoms with Gasteiger partial charge in [-0.2, -0.15) is 0 Å². The third-order valence-corrected chi connectivity index (χ3v) is 4.82. The summed E-state index contributed by atoms with van der Waals surface area (Å²) in [6.45, 7) is 8.14. The molecule has 1 heterocycles. The van der Waals surface area contributed by atoms with Crippen LogP contribution in [0.25, 0.3) is 0 Å². The first-order chi connectivity index (χ1) is 10.2. The van der Waals surface area contributed by atoms with Crippen molar-refractivity contribution >= 4 is 10.0 Å². The Morgan fingerprint density at radius 2 is 1.77 bits per heavy atom. The molecule has 1 aromatic heterocycles. The van der Waals surface area contributed by atoms with Crippen LogP contribution < -0.4 is 4.72 Å². The van der Waals surface area contributed by atoms with Crippen molar-refractivity contribution in [3.8, 4) is 0 Å². The normalized spacial score (nSPS) is 14.0. The van der Waals surface area contributed by atoms with Crippen LogP contribution >= 0.6 is 0 Å². The standard InChI is InChI=1S/C17H23NO3S/c1-13-7-9-14(10-8-13)22(19,20)18-15(12-17(2,3)4)16-6-5-11-21-16/h5-11,15,18H,12H2,1-4H3/t15-/m1/s1. The van der Waals surface area contributed by atoms with Crippen LogP contribution in [0, 0.1) is 12.3 Å². The van der Waals surface area contributed by atoms with E-state index in [0.717, 1.165) is 5.56 Å². The van der Waals surface area contributed by atoms with Crippen molar-refractivity contribution < 1.29 is 12.8 Å². The summed E-state index contributed by atoms with van der Waals surface area (Å²) in [5, 5.41) is 0. The van der Waals surface area contributed by atoms with Crippen LogP contribution in [-0.2, 0) is 10.0 Å². The zero-order valence-corrected chi connectivity index (χ0v) is 14.3. The molecular formula is C17H23NO3S. The van der Waals surface area contributed by atoms with Crippen molar-refractivity contribution in [1.82, 2.24) is 4.72 Å². The topological polar surface area (TPSA) is 59.3 Å². The monoisotopic (exact) mass is 321 g/mol. The summed E-state index contributed by atoms with van der Waals surface area (Å²) in [6, 6.07) is 10.0. The molecule has 2 aromatic rings. The predicted octanol–water partition coefficient (Wildman–Crippen LogP) is 4.04. The highest BCUT2D eigenvalue weighted by molar-refractivity contribution is 7.89. The van der Waals surface area contributed by atoms with Crippen LogP contribution in [0.5, 0.6) is 0 Å². The molecule has 1 aromatic carbocycles. The molecule has 0 saturated carbocycles. The van der Waals surface area contributed by atoms with E-state index < -0.39 is 10.0 Å². The van der Waals surface area contributed by atoms with Crippen molar-refractivity contribution in [2.24, 2.45) is 5.41 Å². The maximum Gasteiger partial charge on any atom is 0.241 e. The summed E-state index contributed by atoms with van der Waals surface area (Å²) in [5.41, 5.74) is 0.990. The van der Waals surface area contributed by atoms with Crippen molar-refractivity contribution in [2.75, 3.05) is 0 Å². The zero-order chi connectivity index (χ0) is 16.4. The number of sulfonamides is 1. The van der Waals surface area contributed by atoms with E-state index in [1.165, 1.54) is 0 Å². The molecule has 0 unspecified atom stereocenters. The van der Waals surface area contributed by atoms with E-state index in [-0.39, 0.29) is 16.4 Å². The van der Waals surface area contributed by atoms with Crippen LogP contribution in [0.3, 0.4) is 0 Å². The van der Waals surface area contributed by atoms with Gasteiger partial charge in [0.05, 0.1) is 17.2 Å². The first kappa shape index (κ1) is 16.8. The van der Waals surface area contributed by atoms with E-state index in [1.807, 2.05) is 6.92 Å². The highest BCUT2D eigenvalue weighted by atomic mass is 32.2. The van der Waals surface area contributed by atoms with Gasteiger partial charge in [-0.05, 0) is 43.0 Å². The molecule has 0 aliphatic carbocycles. The van der Waals surface area contributed by atoms with Crippen molar-refractivity contribution in [3.05, 3.63) is 54.0 Å². The first-order valence-corrected chi connectivity index (χ1v) is 8.78. The minimum Gasteiger partial charge on any atom is -0.468 e. The van der Waals surface area contributed by atoms with Crippen LogP contribution in [-0.4, -0.2) is 8.42 Å². The maximum absolute atomic E-state index is 12.6. The minimum atomic E-state index is -3.58. The molecule has 0 bridgehead atoms. The highest BCUT2D eigenvalue weighted by Gasteiger charge is 2.27. The van der Waals surface area contributed by atoms with E-state index in [2.05, 4.69) is 25.5 Å². The second-order valence-corrected chi connectivity index (χ2v) is 8.48. The second kappa shape index (κ2) is 6.26. The Balaban J connectivity index is 2.28. The molecule has 0 aliphatic heterocycles. The van der Waals surface area contributed by atoms with E-state index in [0.29, 0.717) is 12.2 Å². The van der Waals surface area contributed by atoms with Gasteiger partial charge in [-0.15, -0.1) is 0 Å². The summed E-state index contributed by atoms with van der Waals surface area (Å²) in [5.74, 6) is 0.630. The quantitative estimate of drug-likeness (QED) is 0.904. The van der Waals surface area contributed by atoms with Gasteiger partial charge < -0.3 is 4.42 Å². The first-order valence-electron chi connectivity index (χ1n) is 7.30. The Kier molecular flexibility index (Phi) is 4.78. The van der Waals surface area contributed by atoms with Gasteiger partial charge in [0, 0.05) is 0 Å². The Morgan fingerprint density at radius 1 is 1.14 bits per heavy atom. The molecule has 0 fully saturated rings. The fourth-order valence-corrected chi connectivity index (χ4v) is 3.48. The molecule has 1 atom stereocenters. The molecule has 120 valence electrons. The Hall–Kier alpha value is -1.59. The SMILES string of the molecule is Cc1ccc(S(=O)(=O)N[C@H](CC(C)(C)C)c2ccco2)cc1. The van der Waals surface area contributed by atoms with Gasteiger partial charge in [-0.1, -0.05) is 38.5 Å². The summed E-state index contributed by atoms with van der Waals surface area (Å²) >= 11 is 0. The lowest BCUT2D eigenvalue weighted by atomic mass is 9.88. The number of rotatable bonds is 5. The number of benzene rings is 1. The van der Waals surface area contributed by atoms with Gasteiger partial charge in [0.15, 0.2) is 0 Å².